The van der Waals surface area contributed by atoms with E-state index in [0.717, 1.165) is 32.2 Å². The van der Waals surface area contributed by atoms with E-state index >= 15 is 0 Å². The fourth-order valence-electron chi connectivity index (χ4n) is 3.14. The van der Waals surface area contributed by atoms with Gasteiger partial charge in [0.05, 0.1) is 0 Å². The molecule has 0 aromatic carbocycles. The van der Waals surface area contributed by atoms with E-state index in [0.29, 0.717) is 31.5 Å². The lowest BCUT2D eigenvalue weighted by Gasteiger charge is -2.35. The maximum Gasteiger partial charge on any atom is 0.222 e. The van der Waals surface area contributed by atoms with Crippen LogP contribution in [0.2, 0.25) is 0 Å². The number of amides is 1. The number of hydrogen-bond donors (Lipinski definition) is 1. The van der Waals surface area contributed by atoms with Gasteiger partial charge in [0.25, 0.3) is 0 Å². The highest BCUT2D eigenvalue weighted by Crippen LogP contribution is 2.38. The van der Waals surface area contributed by atoms with E-state index in [1.165, 1.54) is 0 Å². The molecule has 0 bridgehead atoms. The van der Waals surface area contributed by atoms with E-state index in [4.69, 9.17) is 6.42 Å². The van der Waals surface area contributed by atoms with E-state index in [2.05, 4.69) is 36.8 Å². The van der Waals surface area contributed by atoms with Gasteiger partial charge in [-0.25, -0.2) is 0 Å². The predicted molar refractivity (Wildman–Crippen MR) is 82.1 cm³/mol. The molecule has 3 rings (SSSR count). The van der Waals surface area contributed by atoms with E-state index in [-0.39, 0.29) is 17.6 Å². The largest absolute Gasteiger partial charge is 0.339 e. The van der Waals surface area contributed by atoms with Crippen molar-refractivity contribution in [2.24, 2.45) is 10.2 Å². The molecule has 1 aromatic rings. The molecule has 0 aliphatic carbocycles. The molecule has 1 amide bonds. The van der Waals surface area contributed by atoms with Crippen LogP contribution in [0.4, 0.5) is 0 Å². The Labute approximate surface area is 135 Å². The molecule has 2 aliphatic rings. The third-order valence-electron chi connectivity index (χ3n) is 4.55. The number of nitrogens with one attached hydrogen (secondary N) is 1. The molecule has 0 radical (unpaired) electrons. The van der Waals surface area contributed by atoms with Gasteiger partial charge in [-0.2, -0.15) is 15.4 Å². The first kappa shape index (κ1) is 15.6. The summed E-state index contributed by atoms with van der Waals surface area (Å²) in [7, 11) is 0. The molecule has 122 valence electrons. The lowest BCUT2D eigenvalue weighted by Crippen LogP contribution is -2.45. The number of likely N-dealkylation sites (tertiary alicyclic amines) is 1. The average molecular weight is 315 g/mol. The van der Waals surface area contributed by atoms with Crippen molar-refractivity contribution in [1.82, 2.24) is 25.5 Å². The summed E-state index contributed by atoms with van der Waals surface area (Å²) in [6.07, 6.45) is 11.6. The van der Waals surface area contributed by atoms with Gasteiger partial charge < -0.3 is 4.90 Å². The van der Waals surface area contributed by atoms with Crippen LogP contribution in [0.15, 0.2) is 10.2 Å². The minimum atomic E-state index is -0.388. The van der Waals surface area contributed by atoms with Crippen molar-refractivity contribution >= 4 is 5.91 Å². The second-order valence-corrected chi connectivity index (χ2v) is 6.16. The van der Waals surface area contributed by atoms with E-state index in [1.807, 2.05) is 4.90 Å². The van der Waals surface area contributed by atoms with Crippen molar-refractivity contribution in [3.05, 3.63) is 5.82 Å². The zero-order valence-electron chi connectivity index (χ0n) is 13.1. The molecule has 1 fully saturated rings. The van der Waals surface area contributed by atoms with Crippen LogP contribution >= 0.6 is 0 Å². The molecule has 8 nitrogen and oxygen atoms in total. The zero-order chi connectivity index (χ0) is 16.1. The summed E-state index contributed by atoms with van der Waals surface area (Å²) < 4.78 is 0. The number of hydrogen-bond acceptors (Lipinski definition) is 6. The van der Waals surface area contributed by atoms with Crippen molar-refractivity contribution in [3.63, 3.8) is 0 Å². The highest BCUT2D eigenvalue weighted by Gasteiger charge is 2.40. The second kappa shape index (κ2) is 6.86. The first-order valence-corrected chi connectivity index (χ1v) is 8.12. The maximum atomic E-state index is 12.6. The highest BCUT2D eigenvalue weighted by atomic mass is 16.2. The lowest BCUT2D eigenvalue weighted by molar-refractivity contribution is -0.135. The fourth-order valence-corrected chi connectivity index (χ4v) is 3.14. The Hall–Kier alpha value is -2.30. The summed E-state index contributed by atoms with van der Waals surface area (Å²) >= 11 is 0. The average Bonchev–Trinajstić information content (AvgIpc) is 3.17. The number of nitrogens with zero attached hydrogens (tertiary/aromatic N) is 6. The molecule has 8 heteroatoms. The zero-order valence-corrected chi connectivity index (χ0v) is 13.1. The van der Waals surface area contributed by atoms with Gasteiger partial charge in [0.15, 0.2) is 11.5 Å². The van der Waals surface area contributed by atoms with Crippen molar-refractivity contribution in [1.29, 1.82) is 0 Å². The summed E-state index contributed by atoms with van der Waals surface area (Å²) in [4.78, 5) is 14.6. The minimum absolute atomic E-state index is 0.156. The standard InChI is InChI=1S/C15H21N7O/c1-2-3-8-15(18-19-15)9-7-14(23)22-10-5-4-6-12(22)11-13-16-20-21-17-13/h1,12H,3-11H2,(H,16,17,20,21). The molecular weight excluding hydrogens is 294 g/mol. The Balaban J connectivity index is 1.53. The number of carbonyl (C=O) groups is 1. The predicted octanol–water partition coefficient (Wildman–Crippen LogP) is 1.48. The summed E-state index contributed by atoms with van der Waals surface area (Å²) in [6.45, 7) is 0.799. The third-order valence-corrected chi connectivity index (χ3v) is 4.55. The Morgan fingerprint density at radius 3 is 2.96 bits per heavy atom. The Bertz CT molecular complexity index is 598. The summed E-state index contributed by atoms with van der Waals surface area (Å²) in [5.41, 5.74) is -0.388. The normalized spacial score (nSPS) is 21.9. The van der Waals surface area contributed by atoms with Crippen LogP contribution in [0.25, 0.3) is 0 Å². The van der Waals surface area contributed by atoms with E-state index in [9.17, 15) is 4.79 Å². The smallest absolute Gasteiger partial charge is 0.222 e. The Kier molecular flexibility index (Phi) is 4.65. The summed E-state index contributed by atoms with van der Waals surface area (Å²) in [5.74, 6) is 3.43. The molecule has 1 atom stereocenters. The van der Waals surface area contributed by atoms with Gasteiger partial charge >= 0.3 is 0 Å². The van der Waals surface area contributed by atoms with Gasteiger partial charge in [-0.1, -0.05) is 5.21 Å². The van der Waals surface area contributed by atoms with Gasteiger partial charge in [0.2, 0.25) is 5.91 Å². The van der Waals surface area contributed by atoms with Crippen LogP contribution in [0, 0.1) is 12.3 Å². The first-order chi connectivity index (χ1) is 11.2. The number of aromatic amines is 1. The first-order valence-electron chi connectivity index (χ1n) is 8.12. The van der Waals surface area contributed by atoms with Crippen LogP contribution < -0.4 is 0 Å². The molecule has 1 saturated heterocycles. The van der Waals surface area contributed by atoms with Crippen LogP contribution in [0.3, 0.4) is 0 Å². The number of tetrazole rings is 1. The van der Waals surface area contributed by atoms with Crippen LogP contribution in [0.1, 0.15) is 50.8 Å². The maximum absolute atomic E-state index is 12.6. The van der Waals surface area contributed by atoms with Gasteiger partial charge in [-0.05, 0) is 19.3 Å². The van der Waals surface area contributed by atoms with Gasteiger partial charge in [0.1, 0.15) is 0 Å². The molecule has 1 aromatic heterocycles. The third kappa shape index (κ3) is 3.92. The topological polar surface area (TPSA) is 99.5 Å². The van der Waals surface area contributed by atoms with Gasteiger partial charge in [0, 0.05) is 44.7 Å². The Morgan fingerprint density at radius 1 is 1.39 bits per heavy atom. The summed E-state index contributed by atoms with van der Waals surface area (Å²) in [6, 6.07) is 0.156. The molecule has 23 heavy (non-hydrogen) atoms. The second-order valence-electron chi connectivity index (χ2n) is 6.16. The molecular formula is C15H21N7O. The molecule has 0 saturated carbocycles. The van der Waals surface area contributed by atoms with Crippen molar-refractivity contribution in [2.45, 2.75) is 63.1 Å². The SMILES string of the molecule is C#CCCC1(CCC(=O)N2CCCCC2Cc2nn[nH]n2)N=N1. The lowest BCUT2D eigenvalue weighted by atomic mass is 9.97. The van der Waals surface area contributed by atoms with Crippen molar-refractivity contribution in [2.75, 3.05) is 6.54 Å². The monoisotopic (exact) mass is 315 g/mol. The number of terminal acetylenes is 1. The quantitative estimate of drug-likeness (QED) is 0.770. The van der Waals surface area contributed by atoms with Crippen molar-refractivity contribution in [3.8, 4) is 12.3 Å². The van der Waals surface area contributed by atoms with E-state index in [1.54, 1.807) is 0 Å². The molecule has 1 unspecified atom stereocenters. The van der Waals surface area contributed by atoms with Crippen molar-refractivity contribution < 1.29 is 4.79 Å². The van der Waals surface area contributed by atoms with Gasteiger partial charge in [-0.15, -0.1) is 22.5 Å². The number of H-pyrrole nitrogens is 1. The molecule has 1 N–H and O–H groups in total. The van der Waals surface area contributed by atoms with Gasteiger partial charge in [-0.3, -0.25) is 4.79 Å². The number of aromatic nitrogens is 4. The molecule has 2 aliphatic heterocycles. The number of carbonyl (C=O) groups excluding carboxylic acids is 1. The van der Waals surface area contributed by atoms with Crippen LogP contribution in [0.5, 0.6) is 0 Å². The highest BCUT2D eigenvalue weighted by molar-refractivity contribution is 5.76. The van der Waals surface area contributed by atoms with Crippen LogP contribution in [-0.2, 0) is 11.2 Å². The Morgan fingerprint density at radius 2 is 2.26 bits per heavy atom. The minimum Gasteiger partial charge on any atom is -0.339 e. The number of rotatable bonds is 7. The fraction of sp³-hybridized carbons (Fsp3) is 0.733. The molecule has 0 spiro atoms. The summed E-state index contributed by atoms with van der Waals surface area (Å²) in [5, 5.41) is 22.2. The molecule has 3 heterocycles. The van der Waals surface area contributed by atoms with E-state index < -0.39 is 0 Å². The number of piperidine rings is 1. The van der Waals surface area contributed by atoms with Crippen LogP contribution in [-0.4, -0.2) is 49.7 Å².